The first-order valence-electron chi connectivity index (χ1n) is 11.2. The minimum atomic E-state index is -1.41. The lowest BCUT2D eigenvalue weighted by atomic mass is 10.0. The van der Waals surface area contributed by atoms with Crippen LogP contribution in [0, 0.1) is 0 Å². The van der Waals surface area contributed by atoms with Crippen LogP contribution in [0.4, 0.5) is 4.39 Å². The Morgan fingerprint density at radius 2 is 1.24 bits per heavy atom. The van der Waals surface area contributed by atoms with Crippen LogP contribution in [0.5, 0.6) is 0 Å². The molecule has 0 aliphatic heterocycles. The summed E-state index contributed by atoms with van der Waals surface area (Å²) in [6, 6.07) is 0. The molecule has 9 nitrogen and oxygen atoms in total. The van der Waals surface area contributed by atoms with Gasteiger partial charge in [0.2, 0.25) is 0 Å². The van der Waals surface area contributed by atoms with Crippen LogP contribution in [-0.4, -0.2) is 62.5 Å². The van der Waals surface area contributed by atoms with Gasteiger partial charge in [0, 0.05) is 45.7 Å². The van der Waals surface area contributed by atoms with Gasteiger partial charge in [-0.3, -0.25) is 0 Å². The Morgan fingerprint density at radius 3 is 1.55 bits per heavy atom. The predicted molar refractivity (Wildman–Crippen MR) is 148 cm³/mol. The lowest BCUT2D eigenvalue weighted by Gasteiger charge is -2.15. The molecule has 0 bridgehead atoms. The molecule has 0 aliphatic rings. The van der Waals surface area contributed by atoms with Gasteiger partial charge in [0.15, 0.2) is 31.4 Å². The number of hydrogen-bond acceptors (Lipinski definition) is 13. The number of esters is 2. The van der Waals surface area contributed by atoms with Crippen molar-refractivity contribution in [1.29, 1.82) is 0 Å². The first kappa shape index (κ1) is 29.9. The van der Waals surface area contributed by atoms with E-state index in [9.17, 15) is 19.1 Å². The van der Waals surface area contributed by atoms with Crippen molar-refractivity contribution >= 4 is 57.3 Å². The summed E-state index contributed by atoms with van der Waals surface area (Å²) in [6.45, 7) is 6.32. The van der Waals surface area contributed by atoms with Crippen molar-refractivity contribution in [2.24, 2.45) is 0 Å². The number of ether oxygens (including phenoxy) is 2. The lowest BCUT2D eigenvalue weighted by molar-refractivity contribution is 0.0580. The average molecular weight is 599 g/mol. The molecule has 0 atom stereocenters. The van der Waals surface area contributed by atoms with E-state index in [4.69, 9.17) is 4.74 Å². The van der Waals surface area contributed by atoms with E-state index >= 15 is 0 Å². The maximum Gasteiger partial charge on any atom is 0.357 e. The third kappa shape index (κ3) is 8.17. The third-order valence-electron chi connectivity index (χ3n) is 4.56. The van der Waals surface area contributed by atoms with E-state index in [-0.39, 0.29) is 17.8 Å². The molecule has 0 amide bonds. The fourth-order valence-corrected chi connectivity index (χ4v) is 6.96. The number of nitrogens with zero attached hydrogens (tertiary/aromatic N) is 4. The number of carbonyl (C=O) groups is 2. The van der Waals surface area contributed by atoms with Crippen molar-refractivity contribution in [1.82, 2.24) is 19.9 Å². The number of hydrogen-bond donors (Lipinski definition) is 1. The molecule has 0 fully saturated rings. The minimum absolute atomic E-state index is 0.125. The second-order valence-corrected chi connectivity index (χ2v) is 13.1. The zero-order valence-electron chi connectivity index (χ0n) is 21.6. The maximum absolute atomic E-state index is 13.8. The quantitative estimate of drug-likeness (QED) is 0.254. The highest BCUT2D eigenvalue weighted by Crippen LogP contribution is 2.33. The molecule has 0 radical (unpaired) electrons. The van der Waals surface area contributed by atoms with Crippen LogP contribution in [-0.2, 0) is 22.3 Å². The number of alkyl halides is 1. The summed E-state index contributed by atoms with van der Waals surface area (Å²) in [5, 5.41) is 16.4. The van der Waals surface area contributed by atoms with Gasteiger partial charge in [-0.1, -0.05) is 0 Å². The first-order chi connectivity index (χ1) is 17.8. The summed E-state index contributed by atoms with van der Waals surface area (Å²) in [7, 11) is 2.60. The highest BCUT2D eigenvalue weighted by atomic mass is 32.1. The van der Waals surface area contributed by atoms with Gasteiger partial charge in [0.25, 0.3) is 0 Å². The van der Waals surface area contributed by atoms with Crippen LogP contribution in [0.3, 0.4) is 0 Å². The zero-order valence-corrected chi connectivity index (χ0v) is 24.9. The molecule has 14 heteroatoms. The zero-order chi connectivity index (χ0) is 28.1. The minimum Gasteiger partial charge on any atom is -0.464 e. The molecule has 38 heavy (non-hydrogen) atoms. The van der Waals surface area contributed by atoms with E-state index in [2.05, 4.69) is 24.7 Å². The van der Waals surface area contributed by atoms with E-state index < -0.39 is 23.2 Å². The van der Waals surface area contributed by atoms with Gasteiger partial charge in [-0.15, -0.1) is 45.3 Å². The number of carbonyl (C=O) groups excluding carboxylic acids is 2. The molecule has 4 rings (SSSR count). The Labute approximate surface area is 235 Å². The second-order valence-electron chi connectivity index (χ2n) is 9.12. The Hall–Kier alpha value is -2.65. The molecule has 0 aromatic carbocycles. The number of rotatable bonds is 8. The summed E-state index contributed by atoms with van der Waals surface area (Å²) in [4.78, 5) is 41.6. The number of aliphatic hydroxyl groups is 1. The number of thiazole rings is 4. The van der Waals surface area contributed by atoms with E-state index in [1.54, 1.807) is 26.2 Å². The summed E-state index contributed by atoms with van der Waals surface area (Å²) >= 11 is 5.53. The van der Waals surface area contributed by atoms with Crippen LogP contribution >= 0.6 is 45.3 Å². The Kier molecular flexibility index (Phi) is 9.81. The van der Waals surface area contributed by atoms with Gasteiger partial charge in [0.05, 0.1) is 19.8 Å². The smallest absolute Gasteiger partial charge is 0.357 e. The van der Waals surface area contributed by atoms with Crippen LogP contribution < -0.4 is 0 Å². The molecule has 4 heterocycles. The lowest BCUT2D eigenvalue weighted by Crippen LogP contribution is -2.22. The molecule has 4 aromatic rings. The fourth-order valence-electron chi connectivity index (χ4n) is 3.07. The van der Waals surface area contributed by atoms with Crippen molar-refractivity contribution in [3.8, 4) is 20.0 Å². The Balaban J connectivity index is 0.000000211. The van der Waals surface area contributed by atoms with Gasteiger partial charge >= 0.3 is 11.9 Å². The van der Waals surface area contributed by atoms with Crippen LogP contribution in [0.1, 0.15) is 58.4 Å². The normalized spacial score (nSPS) is 11.6. The van der Waals surface area contributed by atoms with Crippen molar-refractivity contribution in [2.75, 3.05) is 14.2 Å². The fraction of sp³-hybridized carbons (Fsp3) is 0.417. The van der Waals surface area contributed by atoms with Crippen LogP contribution in [0.15, 0.2) is 23.2 Å². The second kappa shape index (κ2) is 12.5. The van der Waals surface area contributed by atoms with E-state index in [1.807, 2.05) is 10.8 Å². The predicted octanol–water partition coefficient (Wildman–Crippen LogP) is 5.71. The Morgan fingerprint density at radius 1 is 0.816 bits per heavy atom. The van der Waals surface area contributed by atoms with Crippen molar-refractivity contribution in [3.63, 3.8) is 0 Å². The van der Waals surface area contributed by atoms with Crippen molar-refractivity contribution in [3.05, 3.63) is 44.3 Å². The molecular formula is C24H27FN4O5S4. The van der Waals surface area contributed by atoms with Gasteiger partial charge in [-0.25, -0.2) is 33.9 Å². The molecule has 4 aromatic heterocycles. The SMILES string of the molecule is COC(=O)c1nc(-c2nccs2)sc1CC(C)(C)F.COC(=O)c1nc(-c2nccs2)sc1CC(C)(C)O. The summed E-state index contributed by atoms with van der Waals surface area (Å²) in [5.41, 5.74) is -1.87. The molecule has 0 spiro atoms. The molecular weight excluding hydrogens is 572 g/mol. The topological polar surface area (TPSA) is 124 Å². The van der Waals surface area contributed by atoms with E-state index in [1.165, 1.54) is 73.4 Å². The van der Waals surface area contributed by atoms with Crippen molar-refractivity contribution in [2.45, 2.75) is 51.8 Å². The maximum atomic E-state index is 13.8. The number of aromatic nitrogens is 4. The largest absolute Gasteiger partial charge is 0.464 e. The first-order valence-corrected chi connectivity index (χ1v) is 14.6. The highest BCUT2D eigenvalue weighted by molar-refractivity contribution is 7.21. The Bertz CT molecular complexity index is 1250. The number of methoxy groups -OCH3 is 2. The molecule has 1 N–H and O–H groups in total. The summed E-state index contributed by atoms with van der Waals surface area (Å²) in [6.07, 6.45) is 3.83. The highest BCUT2D eigenvalue weighted by Gasteiger charge is 2.27. The molecule has 204 valence electrons. The van der Waals surface area contributed by atoms with Crippen LogP contribution in [0.25, 0.3) is 20.0 Å². The van der Waals surface area contributed by atoms with E-state index in [0.717, 1.165) is 10.0 Å². The van der Waals surface area contributed by atoms with E-state index in [0.29, 0.717) is 26.2 Å². The van der Waals surface area contributed by atoms with Gasteiger partial charge in [0.1, 0.15) is 5.67 Å². The monoisotopic (exact) mass is 598 g/mol. The summed E-state index contributed by atoms with van der Waals surface area (Å²) < 4.78 is 23.2. The third-order valence-corrected chi connectivity index (χ3v) is 8.50. The number of halogens is 1. The van der Waals surface area contributed by atoms with Gasteiger partial charge < -0.3 is 14.6 Å². The standard InChI is InChI=1S/C12H13FN2O2S2.C12H14N2O3S2/c1-12(2,13)6-7-8(11(16)17-3)15-10(19-7)9-14-4-5-18-9;1-12(2,16)6-7-8(11(15)17-3)14-10(19-7)9-13-4-5-18-9/h4-5H,6H2,1-3H3;4-5,16H,6H2,1-3H3. The average Bonchev–Trinajstić information content (AvgIpc) is 3.63. The van der Waals surface area contributed by atoms with Crippen LogP contribution in [0.2, 0.25) is 0 Å². The molecule has 0 unspecified atom stereocenters. The van der Waals surface area contributed by atoms with Crippen molar-refractivity contribution < 1.29 is 28.6 Å². The molecule has 0 saturated heterocycles. The molecule has 0 saturated carbocycles. The van der Waals surface area contributed by atoms with Gasteiger partial charge in [-0.2, -0.15) is 0 Å². The summed E-state index contributed by atoms with van der Waals surface area (Å²) in [5.74, 6) is -1.03. The van der Waals surface area contributed by atoms with Gasteiger partial charge in [-0.05, 0) is 27.7 Å². The molecule has 0 aliphatic carbocycles.